The zero-order valence-electron chi connectivity index (χ0n) is 21.4. The topological polar surface area (TPSA) is 21.6 Å². The second kappa shape index (κ2) is 18.3. The van der Waals surface area contributed by atoms with Gasteiger partial charge in [-0.25, -0.2) is 0 Å². The lowest BCUT2D eigenvalue weighted by Gasteiger charge is -2.06. The summed E-state index contributed by atoms with van der Waals surface area (Å²) in [5.74, 6) is 0.953. The summed E-state index contributed by atoms with van der Waals surface area (Å²) in [4.78, 5) is 4.56. The van der Waals surface area contributed by atoms with Crippen molar-refractivity contribution in [2.45, 2.75) is 110 Å². The molecular formula is C31H47NO. The fourth-order valence-electron chi connectivity index (χ4n) is 4.10. The molecule has 0 saturated heterocycles. The first-order chi connectivity index (χ1) is 16.3. The minimum Gasteiger partial charge on any atom is -0.494 e. The van der Waals surface area contributed by atoms with Gasteiger partial charge in [0.15, 0.2) is 0 Å². The Balaban J connectivity index is 1.44. The number of unbranched alkanes of at least 4 members (excludes halogenated alkanes) is 13. The van der Waals surface area contributed by atoms with E-state index in [0.717, 1.165) is 36.4 Å². The minimum atomic E-state index is 0.815. The van der Waals surface area contributed by atoms with Gasteiger partial charge in [0.1, 0.15) is 5.75 Å². The van der Waals surface area contributed by atoms with E-state index >= 15 is 0 Å². The van der Waals surface area contributed by atoms with E-state index in [9.17, 15) is 0 Å². The monoisotopic (exact) mass is 449 g/mol. The Labute approximate surface area is 203 Å². The fourth-order valence-corrected chi connectivity index (χ4v) is 4.10. The molecule has 0 saturated carbocycles. The lowest BCUT2D eigenvalue weighted by atomic mass is 10.0. The second-order valence-electron chi connectivity index (χ2n) is 9.29. The molecule has 2 rings (SSSR count). The number of aliphatic imine (C=N–C) groups is 1. The normalized spacial score (nSPS) is 11.3. The third-order valence-electron chi connectivity index (χ3n) is 6.35. The van der Waals surface area contributed by atoms with Crippen LogP contribution in [0, 0.1) is 0 Å². The molecule has 0 heterocycles. The molecule has 33 heavy (non-hydrogen) atoms. The molecule has 182 valence electrons. The zero-order valence-corrected chi connectivity index (χ0v) is 21.4. The van der Waals surface area contributed by atoms with Gasteiger partial charge < -0.3 is 4.74 Å². The van der Waals surface area contributed by atoms with Crippen LogP contribution in [0.5, 0.6) is 5.75 Å². The van der Waals surface area contributed by atoms with Gasteiger partial charge in [-0.1, -0.05) is 109 Å². The molecule has 2 aromatic carbocycles. The third-order valence-corrected chi connectivity index (χ3v) is 6.35. The maximum atomic E-state index is 5.91. The fraction of sp³-hybridized carbons (Fsp3) is 0.581. The predicted octanol–water partition coefficient (Wildman–Crippen LogP) is 9.86. The van der Waals surface area contributed by atoms with E-state index in [0.29, 0.717) is 0 Å². The lowest BCUT2D eigenvalue weighted by molar-refractivity contribution is 0.304. The van der Waals surface area contributed by atoms with E-state index in [1.807, 2.05) is 18.3 Å². The van der Waals surface area contributed by atoms with Crippen LogP contribution in [0.4, 0.5) is 5.69 Å². The summed E-state index contributed by atoms with van der Waals surface area (Å²) < 4.78 is 5.91. The van der Waals surface area contributed by atoms with Crippen molar-refractivity contribution in [1.82, 2.24) is 0 Å². The SMILES string of the molecule is CCCCCCCCCCCCCCCCOc1ccc(C=Nc2ccc(CC)cc2)cc1. The highest BCUT2D eigenvalue weighted by molar-refractivity contribution is 5.82. The van der Waals surface area contributed by atoms with E-state index in [1.54, 1.807) is 0 Å². The van der Waals surface area contributed by atoms with Crippen LogP contribution in [0.1, 0.15) is 115 Å². The molecule has 0 aliphatic carbocycles. The number of rotatable bonds is 19. The van der Waals surface area contributed by atoms with Crippen LogP contribution in [-0.4, -0.2) is 12.8 Å². The van der Waals surface area contributed by atoms with Crippen LogP contribution in [0.25, 0.3) is 0 Å². The van der Waals surface area contributed by atoms with Crippen molar-refractivity contribution in [3.63, 3.8) is 0 Å². The summed E-state index contributed by atoms with van der Waals surface area (Å²) in [5.41, 5.74) is 3.43. The average molecular weight is 450 g/mol. The van der Waals surface area contributed by atoms with Gasteiger partial charge >= 0.3 is 0 Å². The molecule has 0 fully saturated rings. The van der Waals surface area contributed by atoms with Gasteiger partial charge in [-0.05, 0) is 60.4 Å². The summed E-state index contributed by atoms with van der Waals surface area (Å²) in [6.45, 7) is 5.27. The van der Waals surface area contributed by atoms with Gasteiger partial charge in [-0.2, -0.15) is 0 Å². The molecule has 0 aliphatic rings. The molecule has 0 atom stereocenters. The molecule has 2 nitrogen and oxygen atoms in total. The van der Waals surface area contributed by atoms with Crippen LogP contribution in [0.15, 0.2) is 53.5 Å². The van der Waals surface area contributed by atoms with Crippen molar-refractivity contribution in [3.05, 3.63) is 59.7 Å². The maximum absolute atomic E-state index is 5.91. The standard InChI is InChI=1S/C31H47NO/c1-3-5-6-7-8-9-10-11-12-13-14-15-16-17-26-33-31-24-20-29(21-25-31)27-32-30-22-18-28(4-2)19-23-30/h18-25,27H,3-17,26H2,1-2H3. The number of nitrogens with zero attached hydrogens (tertiary/aromatic N) is 1. The first kappa shape index (κ1) is 27.2. The lowest BCUT2D eigenvalue weighted by Crippen LogP contribution is -1.97. The molecule has 0 spiro atoms. The molecule has 0 amide bonds. The molecule has 0 aliphatic heterocycles. The molecular weight excluding hydrogens is 402 g/mol. The van der Waals surface area contributed by atoms with E-state index in [1.165, 1.54) is 89.0 Å². The Hall–Kier alpha value is -2.09. The zero-order chi connectivity index (χ0) is 23.4. The quantitative estimate of drug-likeness (QED) is 0.154. The molecule has 0 bridgehead atoms. The molecule has 2 aromatic rings. The Bertz CT molecular complexity index is 733. The summed E-state index contributed by atoms with van der Waals surface area (Å²) in [6.07, 6.45) is 22.4. The number of hydrogen-bond acceptors (Lipinski definition) is 2. The summed E-state index contributed by atoms with van der Waals surface area (Å²) in [5, 5.41) is 0. The summed E-state index contributed by atoms with van der Waals surface area (Å²) in [6, 6.07) is 16.7. The Kier molecular flexibility index (Phi) is 15.1. The Morgan fingerprint density at radius 2 is 1.12 bits per heavy atom. The third kappa shape index (κ3) is 13.3. The van der Waals surface area contributed by atoms with E-state index < -0.39 is 0 Å². The van der Waals surface area contributed by atoms with Crippen LogP contribution in [0.3, 0.4) is 0 Å². The van der Waals surface area contributed by atoms with Crippen molar-refractivity contribution in [2.24, 2.45) is 4.99 Å². The molecule has 0 radical (unpaired) electrons. The first-order valence-corrected chi connectivity index (χ1v) is 13.7. The largest absolute Gasteiger partial charge is 0.494 e. The average Bonchev–Trinajstić information content (AvgIpc) is 2.86. The highest BCUT2D eigenvalue weighted by atomic mass is 16.5. The Morgan fingerprint density at radius 1 is 0.606 bits per heavy atom. The van der Waals surface area contributed by atoms with E-state index in [4.69, 9.17) is 4.74 Å². The van der Waals surface area contributed by atoms with Crippen LogP contribution in [0.2, 0.25) is 0 Å². The highest BCUT2D eigenvalue weighted by Crippen LogP contribution is 2.16. The van der Waals surface area contributed by atoms with Crippen molar-refractivity contribution in [1.29, 1.82) is 0 Å². The predicted molar refractivity (Wildman–Crippen MR) is 145 cm³/mol. The van der Waals surface area contributed by atoms with E-state index in [-0.39, 0.29) is 0 Å². The summed E-state index contributed by atoms with van der Waals surface area (Å²) in [7, 11) is 0. The van der Waals surface area contributed by atoms with Gasteiger partial charge in [0, 0.05) is 6.21 Å². The van der Waals surface area contributed by atoms with Crippen LogP contribution in [-0.2, 0) is 6.42 Å². The van der Waals surface area contributed by atoms with Gasteiger partial charge in [-0.15, -0.1) is 0 Å². The Morgan fingerprint density at radius 3 is 1.64 bits per heavy atom. The van der Waals surface area contributed by atoms with Crippen molar-refractivity contribution in [3.8, 4) is 5.75 Å². The highest BCUT2D eigenvalue weighted by Gasteiger charge is 1.97. The molecule has 0 N–H and O–H groups in total. The number of benzene rings is 2. The number of hydrogen-bond donors (Lipinski definition) is 0. The van der Waals surface area contributed by atoms with Crippen molar-refractivity contribution >= 4 is 11.9 Å². The van der Waals surface area contributed by atoms with Crippen LogP contribution < -0.4 is 4.74 Å². The van der Waals surface area contributed by atoms with Gasteiger partial charge in [-0.3, -0.25) is 4.99 Å². The molecule has 0 aromatic heterocycles. The second-order valence-corrected chi connectivity index (χ2v) is 9.29. The van der Waals surface area contributed by atoms with E-state index in [2.05, 4.69) is 55.2 Å². The van der Waals surface area contributed by atoms with Gasteiger partial charge in [0.05, 0.1) is 12.3 Å². The first-order valence-electron chi connectivity index (χ1n) is 13.7. The van der Waals surface area contributed by atoms with Crippen molar-refractivity contribution in [2.75, 3.05) is 6.61 Å². The smallest absolute Gasteiger partial charge is 0.119 e. The van der Waals surface area contributed by atoms with Crippen LogP contribution >= 0.6 is 0 Å². The number of ether oxygens (including phenoxy) is 1. The molecule has 0 unspecified atom stereocenters. The molecule has 2 heteroatoms. The maximum Gasteiger partial charge on any atom is 0.119 e. The van der Waals surface area contributed by atoms with Gasteiger partial charge in [0.25, 0.3) is 0 Å². The van der Waals surface area contributed by atoms with Gasteiger partial charge in [0.2, 0.25) is 0 Å². The summed E-state index contributed by atoms with van der Waals surface area (Å²) >= 11 is 0. The minimum absolute atomic E-state index is 0.815. The number of aryl methyl sites for hydroxylation is 1. The van der Waals surface area contributed by atoms with Crippen molar-refractivity contribution < 1.29 is 4.74 Å².